The Morgan fingerprint density at radius 3 is 2.58 bits per heavy atom. The SMILES string of the molecule is Cc1ccc2nc(N3CC[C@H](NC(=O)N4CC[C@H](N)C4)C3)ccc2c1NC(=O)CC1CC2CCCC(C2)C1. The van der Waals surface area contributed by atoms with Gasteiger partial charge in [0.25, 0.3) is 0 Å². The molecule has 0 radical (unpaired) electrons. The van der Waals surface area contributed by atoms with Crippen LogP contribution in [0.4, 0.5) is 16.3 Å². The van der Waals surface area contributed by atoms with Crippen molar-refractivity contribution in [2.75, 3.05) is 36.4 Å². The van der Waals surface area contributed by atoms with Gasteiger partial charge in [-0.1, -0.05) is 25.3 Å². The van der Waals surface area contributed by atoms with E-state index in [4.69, 9.17) is 10.7 Å². The lowest BCUT2D eigenvalue weighted by molar-refractivity contribution is -0.117. The summed E-state index contributed by atoms with van der Waals surface area (Å²) in [5.74, 6) is 3.22. The summed E-state index contributed by atoms with van der Waals surface area (Å²) in [5, 5.41) is 7.42. The maximum Gasteiger partial charge on any atom is 0.317 e. The number of aromatic nitrogens is 1. The lowest BCUT2D eigenvalue weighted by Gasteiger charge is -2.38. The van der Waals surface area contributed by atoms with Crippen LogP contribution in [0.2, 0.25) is 0 Å². The Morgan fingerprint density at radius 1 is 1.00 bits per heavy atom. The predicted molar refractivity (Wildman–Crippen MR) is 151 cm³/mol. The average molecular weight is 519 g/mol. The molecule has 0 spiro atoms. The molecule has 204 valence electrons. The second kappa shape index (κ2) is 10.7. The van der Waals surface area contributed by atoms with Gasteiger partial charge in [0.05, 0.1) is 11.2 Å². The highest BCUT2D eigenvalue weighted by molar-refractivity contribution is 6.02. The first-order valence-electron chi connectivity index (χ1n) is 14.7. The van der Waals surface area contributed by atoms with Crippen molar-refractivity contribution in [3.05, 3.63) is 29.8 Å². The molecule has 2 saturated carbocycles. The van der Waals surface area contributed by atoms with E-state index in [1.807, 2.05) is 23.1 Å². The largest absolute Gasteiger partial charge is 0.354 e. The first-order chi connectivity index (χ1) is 18.4. The number of carbonyl (C=O) groups is 2. The van der Waals surface area contributed by atoms with Gasteiger partial charge in [-0.05, 0) is 80.5 Å². The fraction of sp³-hybridized carbons (Fsp3) is 0.633. The lowest BCUT2D eigenvalue weighted by Crippen LogP contribution is -2.45. The van der Waals surface area contributed by atoms with Crippen molar-refractivity contribution in [2.45, 2.75) is 76.8 Å². The predicted octanol–water partition coefficient (Wildman–Crippen LogP) is 4.41. The lowest BCUT2D eigenvalue weighted by atomic mass is 9.67. The molecule has 4 aliphatic rings. The molecular formula is C30H42N6O2. The van der Waals surface area contributed by atoms with E-state index in [0.29, 0.717) is 18.9 Å². The van der Waals surface area contributed by atoms with Crippen molar-refractivity contribution in [3.63, 3.8) is 0 Å². The van der Waals surface area contributed by atoms with Crippen molar-refractivity contribution in [1.29, 1.82) is 0 Å². The standard InChI is InChI=1S/C30H42N6O2/c1-19-5-7-26-25(29(19)34-28(37)16-22-14-20-3-2-4-21(13-20)15-22)6-8-27(33-26)35-12-10-24(18-35)32-30(38)36-11-9-23(31)17-36/h5-8,20-24H,2-4,9-18,31H2,1H3,(H,32,38)(H,34,37)/t20?,21?,22?,23-,24-/m0/s1. The fourth-order valence-electron chi connectivity index (χ4n) is 7.46. The topological polar surface area (TPSA) is 104 Å². The third kappa shape index (κ3) is 5.46. The van der Waals surface area contributed by atoms with Gasteiger partial charge in [0.15, 0.2) is 0 Å². The number of nitrogens with zero attached hydrogens (tertiary/aromatic N) is 3. The summed E-state index contributed by atoms with van der Waals surface area (Å²) in [6.45, 7) is 5.00. The van der Waals surface area contributed by atoms with E-state index in [2.05, 4.69) is 28.5 Å². The molecule has 2 aliphatic carbocycles. The van der Waals surface area contributed by atoms with Gasteiger partial charge >= 0.3 is 6.03 Å². The summed E-state index contributed by atoms with van der Waals surface area (Å²) >= 11 is 0. The molecule has 4 atom stereocenters. The highest BCUT2D eigenvalue weighted by atomic mass is 16.2. The van der Waals surface area contributed by atoms with E-state index >= 15 is 0 Å². The van der Waals surface area contributed by atoms with Gasteiger partial charge in [-0.3, -0.25) is 4.79 Å². The van der Waals surface area contributed by atoms with Gasteiger partial charge in [-0.25, -0.2) is 9.78 Å². The van der Waals surface area contributed by atoms with E-state index in [1.165, 1.54) is 38.5 Å². The molecule has 6 rings (SSSR count). The van der Waals surface area contributed by atoms with E-state index in [9.17, 15) is 9.59 Å². The van der Waals surface area contributed by atoms with Crippen LogP contribution >= 0.6 is 0 Å². The molecule has 8 nitrogen and oxygen atoms in total. The Bertz CT molecular complexity index is 1190. The highest BCUT2D eigenvalue weighted by Gasteiger charge is 2.33. The van der Waals surface area contributed by atoms with E-state index in [1.54, 1.807) is 0 Å². The molecule has 1 aromatic heterocycles. The molecule has 2 aliphatic heterocycles. The van der Waals surface area contributed by atoms with Crippen LogP contribution in [-0.4, -0.2) is 60.1 Å². The summed E-state index contributed by atoms with van der Waals surface area (Å²) in [7, 11) is 0. The van der Waals surface area contributed by atoms with Crippen molar-refractivity contribution in [2.24, 2.45) is 23.5 Å². The smallest absolute Gasteiger partial charge is 0.317 e. The molecule has 2 bridgehead atoms. The first kappa shape index (κ1) is 25.4. The van der Waals surface area contributed by atoms with Crippen molar-refractivity contribution in [3.8, 4) is 0 Å². The number of anilines is 2. The van der Waals surface area contributed by atoms with Crippen LogP contribution in [0.1, 0.15) is 63.4 Å². The molecule has 4 fully saturated rings. The molecule has 2 unspecified atom stereocenters. The third-order valence-electron chi connectivity index (χ3n) is 9.38. The molecular weight excluding hydrogens is 476 g/mol. The van der Waals surface area contributed by atoms with Gasteiger partial charge in [0, 0.05) is 50.1 Å². The van der Waals surface area contributed by atoms with Crippen LogP contribution in [0.15, 0.2) is 24.3 Å². The van der Waals surface area contributed by atoms with Crippen LogP contribution in [0.5, 0.6) is 0 Å². The van der Waals surface area contributed by atoms with Gasteiger partial charge in [-0.15, -0.1) is 0 Å². The Balaban J connectivity index is 1.09. The number of hydrogen-bond acceptors (Lipinski definition) is 5. The van der Waals surface area contributed by atoms with Gasteiger partial charge < -0.3 is 26.2 Å². The maximum absolute atomic E-state index is 13.1. The zero-order chi connectivity index (χ0) is 26.2. The minimum Gasteiger partial charge on any atom is -0.354 e. The number of nitrogens with two attached hydrogens (primary N) is 1. The second-order valence-corrected chi connectivity index (χ2v) is 12.4. The van der Waals surface area contributed by atoms with Gasteiger partial charge in [0.2, 0.25) is 5.91 Å². The number of hydrogen-bond donors (Lipinski definition) is 3. The third-order valence-corrected chi connectivity index (χ3v) is 9.38. The van der Waals surface area contributed by atoms with Crippen LogP contribution < -0.4 is 21.3 Å². The number of nitrogens with one attached hydrogen (secondary N) is 2. The average Bonchev–Trinajstić information content (AvgIpc) is 3.54. The van der Waals surface area contributed by atoms with Crippen LogP contribution in [0.25, 0.3) is 10.9 Å². The van der Waals surface area contributed by atoms with Gasteiger partial charge in [-0.2, -0.15) is 0 Å². The monoisotopic (exact) mass is 518 g/mol. The molecule has 4 N–H and O–H groups in total. The van der Waals surface area contributed by atoms with E-state index in [-0.39, 0.29) is 24.0 Å². The second-order valence-electron chi connectivity index (χ2n) is 12.4. The summed E-state index contributed by atoms with van der Waals surface area (Å²) < 4.78 is 0. The number of benzene rings is 1. The van der Waals surface area contributed by atoms with Crippen LogP contribution in [0, 0.1) is 24.7 Å². The fourth-order valence-corrected chi connectivity index (χ4v) is 7.46. The number of aryl methyl sites for hydroxylation is 1. The highest BCUT2D eigenvalue weighted by Crippen LogP contribution is 2.43. The molecule has 2 saturated heterocycles. The Kier molecular flexibility index (Phi) is 7.16. The zero-order valence-electron chi connectivity index (χ0n) is 22.6. The number of amides is 3. The molecule has 3 amide bonds. The summed E-state index contributed by atoms with van der Waals surface area (Å²) in [4.78, 5) is 34.7. The van der Waals surface area contributed by atoms with Crippen molar-refractivity contribution in [1.82, 2.24) is 15.2 Å². The molecule has 38 heavy (non-hydrogen) atoms. The number of urea groups is 1. The minimum atomic E-state index is -0.0106. The summed E-state index contributed by atoms with van der Waals surface area (Å²) in [5.41, 5.74) is 8.79. The number of rotatable bonds is 5. The molecule has 3 heterocycles. The van der Waals surface area contributed by atoms with E-state index < -0.39 is 0 Å². The number of pyridine rings is 1. The van der Waals surface area contributed by atoms with Crippen LogP contribution in [-0.2, 0) is 4.79 Å². The number of carbonyl (C=O) groups excluding carboxylic acids is 2. The quantitative estimate of drug-likeness (QED) is 0.544. The van der Waals surface area contributed by atoms with Crippen molar-refractivity contribution >= 4 is 34.3 Å². The number of likely N-dealkylation sites (tertiary alicyclic amines) is 1. The Labute approximate surface area is 225 Å². The van der Waals surface area contributed by atoms with Crippen LogP contribution in [0.3, 0.4) is 0 Å². The molecule has 2 aromatic rings. The Hall–Kier alpha value is -2.87. The summed E-state index contributed by atoms with van der Waals surface area (Å²) in [6, 6.07) is 8.40. The normalized spacial score (nSPS) is 29.1. The zero-order valence-corrected chi connectivity index (χ0v) is 22.6. The molecule has 1 aromatic carbocycles. The maximum atomic E-state index is 13.1. The Morgan fingerprint density at radius 2 is 1.82 bits per heavy atom. The van der Waals surface area contributed by atoms with Crippen molar-refractivity contribution < 1.29 is 9.59 Å². The summed E-state index contributed by atoms with van der Waals surface area (Å²) in [6.07, 6.45) is 10.3. The van der Waals surface area contributed by atoms with E-state index in [0.717, 1.165) is 72.3 Å². The minimum absolute atomic E-state index is 0.0106. The number of fused-ring (bicyclic) bond motifs is 3. The first-order valence-corrected chi connectivity index (χ1v) is 14.7. The molecule has 8 heteroatoms. The van der Waals surface area contributed by atoms with Gasteiger partial charge in [0.1, 0.15) is 5.82 Å².